The standard InChI is InChI=1S/C22H37N5O2/c1-22(2,3)29-21(28)25-18-13-16-27(17-18)20(23-4)24-14-9-10-15-26(5)19-11-7-6-8-12-19/h6-8,11-12,18H,9-10,13-17H2,1-5H3,(H,23,24)(H,25,28). The van der Waals surface area contributed by atoms with Gasteiger partial charge in [-0.15, -0.1) is 0 Å². The molecule has 1 heterocycles. The van der Waals surface area contributed by atoms with E-state index in [1.807, 2.05) is 26.8 Å². The molecule has 1 atom stereocenters. The van der Waals surface area contributed by atoms with Crippen LogP contribution in [0, 0.1) is 0 Å². The van der Waals surface area contributed by atoms with Crippen molar-refractivity contribution in [1.82, 2.24) is 15.5 Å². The highest BCUT2D eigenvalue weighted by Gasteiger charge is 2.27. The van der Waals surface area contributed by atoms with E-state index in [9.17, 15) is 4.79 Å². The Balaban J connectivity index is 1.65. The third-order valence-corrected chi connectivity index (χ3v) is 4.82. The second kappa shape index (κ2) is 10.9. The number of rotatable bonds is 7. The zero-order valence-corrected chi connectivity index (χ0v) is 18.6. The highest BCUT2D eigenvalue weighted by atomic mass is 16.6. The van der Waals surface area contributed by atoms with Crippen molar-refractivity contribution in [3.8, 4) is 0 Å². The first kappa shape index (κ1) is 22.8. The van der Waals surface area contributed by atoms with Crippen molar-refractivity contribution >= 4 is 17.7 Å². The van der Waals surface area contributed by atoms with Gasteiger partial charge in [0.25, 0.3) is 0 Å². The number of carbonyl (C=O) groups excluding carboxylic acids is 1. The lowest BCUT2D eigenvalue weighted by molar-refractivity contribution is 0.0507. The number of hydrogen-bond donors (Lipinski definition) is 2. The van der Waals surface area contributed by atoms with Gasteiger partial charge >= 0.3 is 6.09 Å². The summed E-state index contributed by atoms with van der Waals surface area (Å²) in [6, 6.07) is 10.5. The molecular formula is C22H37N5O2. The molecule has 1 aliphatic heterocycles. The molecule has 0 bridgehead atoms. The van der Waals surface area contributed by atoms with Crippen LogP contribution in [0.4, 0.5) is 10.5 Å². The lowest BCUT2D eigenvalue weighted by atomic mass is 10.2. The normalized spacial score (nSPS) is 17.2. The van der Waals surface area contributed by atoms with Gasteiger partial charge in [0.05, 0.1) is 6.04 Å². The van der Waals surface area contributed by atoms with Crippen LogP contribution in [-0.2, 0) is 4.74 Å². The molecule has 1 aromatic carbocycles. The molecule has 2 N–H and O–H groups in total. The number of likely N-dealkylation sites (tertiary alicyclic amines) is 1. The number of hydrogen-bond acceptors (Lipinski definition) is 4. The molecule has 1 unspecified atom stereocenters. The Morgan fingerprint density at radius 3 is 2.66 bits per heavy atom. The van der Waals surface area contributed by atoms with Gasteiger partial charge in [0.1, 0.15) is 5.60 Å². The maximum Gasteiger partial charge on any atom is 0.407 e. The van der Waals surface area contributed by atoms with Crippen LogP contribution in [0.2, 0.25) is 0 Å². The summed E-state index contributed by atoms with van der Waals surface area (Å²) in [7, 11) is 3.93. The molecular weight excluding hydrogens is 366 g/mol. The van der Waals surface area contributed by atoms with Crippen molar-refractivity contribution in [3.05, 3.63) is 30.3 Å². The summed E-state index contributed by atoms with van der Waals surface area (Å²) >= 11 is 0. The highest BCUT2D eigenvalue weighted by molar-refractivity contribution is 5.80. The largest absolute Gasteiger partial charge is 0.444 e. The summed E-state index contributed by atoms with van der Waals surface area (Å²) < 4.78 is 5.35. The summed E-state index contributed by atoms with van der Waals surface area (Å²) in [6.07, 6.45) is 2.72. The number of aliphatic imine (C=N–C) groups is 1. The van der Waals surface area contributed by atoms with Crippen LogP contribution in [0.1, 0.15) is 40.0 Å². The monoisotopic (exact) mass is 403 g/mol. The van der Waals surface area contributed by atoms with Crippen molar-refractivity contribution in [2.24, 2.45) is 4.99 Å². The second-order valence-electron chi connectivity index (χ2n) is 8.52. The highest BCUT2D eigenvalue weighted by Crippen LogP contribution is 2.13. The van der Waals surface area contributed by atoms with E-state index in [0.29, 0.717) is 0 Å². The molecule has 1 aliphatic rings. The maximum atomic E-state index is 12.0. The Morgan fingerprint density at radius 2 is 2.00 bits per heavy atom. The average Bonchev–Trinajstić information content (AvgIpc) is 3.11. The number of benzene rings is 1. The minimum Gasteiger partial charge on any atom is -0.444 e. The fourth-order valence-corrected chi connectivity index (χ4v) is 3.36. The van der Waals surface area contributed by atoms with Gasteiger partial charge < -0.3 is 25.2 Å². The molecule has 1 saturated heterocycles. The smallest absolute Gasteiger partial charge is 0.407 e. The molecule has 29 heavy (non-hydrogen) atoms. The van der Waals surface area contributed by atoms with E-state index in [2.05, 4.69) is 56.7 Å². The number of nitrogens with one attached hydrogen (secondary N) is 2. The first-order valence-corrected chi connectivity index (χ1v) is 10.5. The average molecular weight is 404 g/mol. The van der Waals surface area contributed by atoms with Crippen molar-refractivity contribution in [3.63, 3.8) is 0 Å². The molecule has 1 amide bonds. The van der Waals surface area contributed by atoms with Gasteiger partial charge in [-0.2, -0.15) is 0 Å². The third-order valence-electron chi connectivity index (χ3n) is 4.82. The van der Waals surface area contributed by atoms with Crippen LogP contribution in [-0.4, -0.2) is 68.9 Å². The first-order valence-electron chi connectivity index (χ1n) is 10.5. The quantitative estimate of drug-likeness (QED) is 0.416. The fraction of sp³-hybridized carbons (Fsp3) is 0.636. The molecule has 0 aromatic heterocycles. The van der Waals surface area contributed by atoms with Gasteiger partial charge in [-0.1, -0.05) is 18.2 Å². The van der Waals surface area contributed by atoms with E-state index >= 15 is 0 Å². The van der Waals surface area contributed by atoms with Crippen LogP contribution in [0.15, 0.2) is 35.3 Å². The summed E-state index contributed by atoms with van der Waals surface area (Å²) in [5.41, 5.74) is 0.769. The number of carbonyl (C=O) groups is 1. The number of anilines is 1. The number of ether oxygens (including phenoxy) is 1. The van der Waals surface area contributed by atoms with Gasteiger partial charge in [-0.05, 0) is 52.2 Å². The van der Waals surface area contributed by atoms with Crippen LogP contribution in [0.3, 0.4) is 0 Å². The van der Waals surface area contributed by atoms with E-state index in [4.69, 9.17) is 4.74 Å². The topological polar surface area (TPSA) is 69.2 Å². The Morgan fingerprint density at radius 1 is 1.28 bits per heavy atom. The first-order chi connectivity index (χ1) is 13.8. The molecule has 0 aliphatic carbocycles. The van der Waals surface area contributed by atoms with Gasteiger partial charge in [-0.25, -0.2) is 4.79 Å². The molecule has 1 aromatic rings. The molecule has 0 radical (unpaired) electrons. The zero-order valence-electron chi connectivity index (χ0n) is 18.6. The van der Waals surface area contributed by atoms with Crippen LogP contribution in [0.5, 0.6) is 0 Å². The molecule has 0 spiro atoms. The lowest BCUT2D eigenvalue weighted by Crippen LogP contribution is -2.44. The number of unbranched alkanes of at least 4 members (excludes halogenated alkanes) is 1. The van der Waals surface area contributed by atoms with Crippen LogP contribution >= 0.6 is 0 Å². The number of para-hydroxylation sites is 1. The zero-order chi connectivity index (χ0) is 21.3. The van der Waals surface area contributed by atoms with Crippen molar-refractivity contribution < 1.29 is 9.53 Å². The second-order valence-corrected chi connectivity index (χ2v) is 8.52. The van der Waals surface area contributed by atoms with E-state index < -0.39 is 5.60 Å². The fourth-order valence-electron chi connectivity index (χ4n) is 3.36. The van der Waals surface area contributed by atoms with Crippen LogP contribution < -0.4 is 15.5 Å². The number of guanidine groups is 1. The Bertz CT molecular complexity index is 657. The van der Waals surface area contributed by atoms with Gasteiger partial charge in [0.2, 0.25) is 0 Å². The summed E-state index contributed by atoms with van der Waals surface area (Å²) in [5.74, 6) is 0.898. The number of alkyl carbamates (subject to hydrolysis) is 1. The van der Waals surface area contributed by atoms with E-state index in [1.165, 1.54) is 5.69 Å². The Hall–Kier alpha value is -2.44. The van der Waals surface area contributed by atoms with Crippen molar-refractivity contribution in [2.75, 3.05) is 45.2 Å². The SMILES string of the molecule is CN=C(NCCCCN(C)c1ccccc1)N1CCC(NC(=O)OC(C)(C)C)C1. The van der Waals surface area contributed by atoms with Crippen molar-refractivity contribution in [2.45, 2.75) is 51.7 Å². The Labute approximate surface area is 175 Å². The number of nitrogens with zero attached hydrogens (tertiary/aromatic N) is 3. The summed E-state index contributed by atoms with van der Waals surface area (Å²) in [6.45, 7) is 9.14. The molecule has 7 heteroatoms. The Kier molecular flexibility index (Phi) is 8.61. The molecule has 7 nitrogen and oxygen atoms in total. The number of amides is 1. The maximum absolute atomic E-state index is 12.0. The predicted octanol–water partition coefficient (Wildman–Crippen LogP) is 3.08. The molecule has 1 fully saturated rings. The molecule has 162 valence electrons. The summed E-state index contributed by atoms with van der Waals surface area (Å²) in [4.78, 5) is 20.8. The van der Waals surface area contributed by atoms with Gasteiger partial charge in [0.15, 0.2) is 5.96 Å². The molecule has 0 saturated carbocycles. The van der Waals surface area contributed by atoms with Gasteiger partial charge in [0, 0.05) is 46.0 Å². The van der Waals surface area contributed by atoms with E-state index in [0.717, 1.165) is 51.4 Å². The predicted molar refractivity (Wildman–Crippen MR) is 120 cm³/mol. The summed E-state index contributed by atoms with van der Waals surface area (Å²) in [5, 5.41) is 6.41. The minimum absolute atomic E-state index is 0.0860. The lowest BCUT2D eigenvalue weighted by Gasteiger charge is -2.23. The van der Waals surface area contributed by atoms with Gasteiger partial charge in [-0.3, -0.25) is 4.99 Å². The van der Waals surface area contributed by atoms with Crippen molar-refractivity contribution in [1.29, 1.82) is 0 Å². The van der Waals surface area contributed by atoms with E-state index in [1.54, 1.807) is 7.05 Å². The molecule has 2 rings (SSSR count). The minimum atomic E-state index is -0.478. The third kappa shape index (κ3) is 8.21. The van der Waals surface area contributed by atoms with Crippen LogP contribution in [0.25, 0.3) is 0 Å². The van der Waals surface area contributed by atoms with E-state index in [-0.39, 0.29) is 12.1 Å².